The summed E-state index contributed by atoms with van der Waals surface area (Å²) in [5.74, 6) is -0.807. The molecule has 1 N–H and O–H groups in total. The Morgan fingerprint density at radius 2 is 2.37 bits per heavy atom. The second-order valence-corrected chi connectivity index (χ2v) is 4.74. The van der Waals surface area contributed by atoms with Crippen LogP contribution in [-0.4, -0.2) is 32.3 Å². The maximum Gasteiger partial charge on any atom is 0.340 e. The van der Waals surface area contributed by atoms with Crippen molar-refractivity contribution in [1.29, 1.82) is 0 Å². The van der Waals surface area contributed by atoms with E-state index in [0.717, 1.165) is 19.6 Å². The van der Waals surface area contributed by atoms with Crippen LogP contribution in [-0.2, 0) is 9.47 Å². The van der Waals surface area contributed by atoms with Gasteiger partial charge in [-0.05, 0) is 31.5 Å². The molecule has 1 saturated heterocycles. The minimum absolute atomic E-state index is 0.0534. The molecule has 0 aromatic heterocycles. The molecule has 2 rings (SSSR count). The Morgan fingerprint density at radius 1 is 1.58 bits per heavy atom. The zero-order chi connectivity index (χ0) is 13.8. The number of hydrogen-bond acceptors (Lipinski definition) is 4. The van der Waals surface area contributed by atoms with Crippen LogP contribution in [0.2, 0.25) is 0 Å². The first-order valence-corrected chi connectivity index (χ1v) is 6.34. The Bertz CT molecular complexity index is 458. The van der Waals surface area contributed by atoms with E-state index in [2.05, 4.69) is 17.0 Å². The summed E-state index contributed by atoms with van der Waals surface area (Å²) in [6.07, 6.45) is 1.01. The Morgan fingerprint density at radius 3 is 3.00 bits per heavy atom. The Kier molecular flexibility index (Phi) is 4.37. The van der Waals surface area contributed by atoms with Crippen LogP contribution in [0.4, 0.5) is 10.1 Å². The number of esters is 1. The third kappa shape index (κ3) is 3.23. The number of ether oxygens (including phenoxy) is 2. The van der Waals surface area contributed by atoms with Gasteiger partial charge in [-0.3, -0.25) is 0 Å². The predicted octanol–water partition coefficient (Wildman–Crippen LogP) is 2.45. The molecule has 0 aliphatic carbocycles. The lowest BCUT2D eigenvalue weighted by Crippen LogP contribution is -2.26. The van der Waals surface area contributed by atoms with Gasteiger partial charge in [0.2, 0.25) is 0 Å². The highest BCUT2D eigenvalue weighted by atomic mass is 19.1. The van der Waals surface area contributed by atoms with E-state index in [0.29, 0.717) is 11.6 Å². The van der Waals surface area contributed by atoms with Gasteiger partial charge < -0.3 is 14.8 Å². The molecule has 1 aliphatic rings. The normalized spacial score (nSPS) is 20.1. The molecule has 1 aliphatic heterocycles. The lowest BCUT2D eigenvalue weighted by atomic mass is 10.0. The first kappa shape index (κ1) is 13.8. The smallest absolute Gasteiger partial charge is 0.340 e. The molecule has 1 aromatic carbocycles. The molecule has 4 nitrogen and oxygen atoms in total. The van der Waals surface area contributed by atoms with Crippen LogP contribution in [0.25, 0.3) is 0 Å². The SMILES string of the molecule is COC(=O)c1cc(NC(C)C2CCOC2)ccc1F. The van der Waals surface area contributed by atoms with Crippen molar-refractivity contribution >= 4 is 11.7 Å². The fourth-order valence-electron chi connectivity index (χ4n) is 2.21. The number of carbonyl (C=O) groups is 1. The number of anilines is 1. The lowest BCUT2D eigenvalue weighted by Gasteiger charge is -2.20. The van der Waals surface area contributed by atoms with E-state index in [1.807, 2.05) is 0 Å². The molecule has 0 saturated carbocycles. The fourth-order valence-corrected chi connectivity index (χ4v) is 2.21. The van der Waals surface area contributed by atoms with Crippen molar-refractivity contribution in [3.05, 3.63) is 29.6 Å². The summed E-state index contributed by atoms with van der Waals surface area (Å²) in [6, 6.07) is 4.58. The summed E-state index contributed by atoms with van der Waals surface area (Å²) in [7, 11) is 1.24. The van der Waals surface area contributed by atoms with E-state index in [-0.39, 0.29) is 11.6 Å². The van der Waals surface area contributed by atoms with Gasteiger partial charge in [-0.25, -0.2) is 9.18 Å². The maximum atomic E-state index is 13.5. The Labute approximate surface area is 111 Å². The number of rotatable bonds is 4. The van der Waals surface area contributed by atoms with Crippen LogP contribution in [0.3, 0.4) is 0 Å². The van der Waals surface area contributed by atoms with Gasteiger partial charge in [0.1, 0.15) is 5.82 Å². The number of methoxy groups -OCH3 is 1. The average Bonchev–Trinajstić information content (AvgIpc) is 2.94. The summed E-state index contributed by atoms with van der Waals surface area (Å²) < 4.78 is 23.4. The first-order valence-electron chi connectivity index (χ1n) is 6.34. The lowest BCUT2D eigenvalue weighted by molar-refractivity contribution is 0.0595. The molecule has 5 heteroatoms. The first-order chi connectivity index (χ1) is 9.11. The summed E-state index contributed by atoms with van der Waals surface area (Å²) in [4.78, 5) is 11.4. The van der Waals surface area contributed by atoms with Gasteiger partial charge in [-0.2, -0.15) is 0 Å². The predicted molar refractivity (Wildman–Crippen MR) is 69.8 cm³/mol. The van der Waals surface area contributed by atoms with E-state index in [1.165, 1.54) is 19.2 Å². The third-order valence-electron chi connectivity index (χ3n) is 3.44. The van der Waals surface area contributed by atoms with Gasteiger partial charge in [0.05, 0.1) is 19.3 Å². The highest BCUT2D eigenvalue weighted by molar-refractivity contribution is 5.90. The van der Waals surface area contributed by atoms with Crippen molar-refractivity contribution in [1.82, 2.24) is 0 Å². The average molecular weight is 267 g/mol. The molecule has 104 valence electrons. The molecular formula is C14H18FNO3. The van der Waals surface area contributed by atoms with Crippen molar-refractivity contribution < 1.29 is 18.7 Å². The fraction of sp³-hybridized carbons (Fsp3) is 0.500. The minimum atomic E-state index is -0.669. The van der Waals surface area contributed by atoms with Crippen LogP contribution >= 0.6 is 0 Å². The molecular weight excluding hydrogens is 249 g/mol. The van der Waals surface area contributed by atoms with Gasteiger partial charge in [0, 0.05) is 24.3 Å². The Balaban J connectivity index is 2.10. The molecule has 1 aromatic rings. The molecule has 0 amide bonds. The van der Waals surface area contributed by atoms with Crippen molar-refractivity contribution in [2.75, 3.05) is 25.6 Å². The minimum Gasteiger partial charge on any atom is -0.465 e. The highest BCUT2D eigenvalue weighted by Crippen LogP contribution is 2.22. The largest absolute Gasteiger partial charge is 0.465 e. The monoisotopic (exact) mass is 267 g/mol. The summed E-state index contributed by atoms with van der Waals surface area (Å²) in [5, 5.41) is 3.28. The molecule has 1 heterocycles. The van der Waals surface area contributed by atoms with Crippen LogP contribution in [0, 0.1) is 11.7 Å². The molecule has 2 unspecified atom stereocenters. The van der Waals surface area contributed by atoms with Crippen molar-refractivity contribution in [2.24, 2.45) is 5.92 Å². The third-order valence-corrected chi connectivity index (χ3v) is 3.44. The van der Waals surface area contributed by atoms with Gasteiger partial charge in [0.25, 0.3) is 0 Å². The molecule has 0 radical (unpaired) electrons. The quantitative estimate of drug-likeness (QED) is 0.851. The molecule has 19 heavy (non-hydrogen) atoms. The van der Waals surface area contributed by atoms with Crippen LogP contribution in [0.1, 0.15) is 23.7 Å². The number of halogens is 1. The molecule has 2 atom stereocenters. The van der Waals surface area contributed by atoms with Crippen molar-refractivity contribution in [2.45, 2.75) is 19.4 Å². The van der Waals surface area contributed by atoms with E-state index >= 15 is 0 Å². The van der Waals surface area contributed by atoms with Crippen LogP contribution in [0.15, 0.2) is 18.2 Å². The zero-order valence-electron chi connectivity index (χ0n) is 11.1. The second-order valence-electron chi connectivity index (χ2n) is 4.74. The van der Waals surface area contributed by atoms with E-state index in [4.69, 9.17) is 4.74 Å². The topological polar surface area (TPSA) is 47.6 Å². The Hall–Kier alpha value is -1.62. The molecule has 0 spiro atoms. The van der Waals surface area contributed by atoms with Gasteiger partial charge in [-0.1, -0.05) is 0 Å². The maximum absolute atomic E-state index is 13.5. The second kappa shape index (κ2) is 6.02. The number of benzene rings is 1. The van der Waals surface area contributed by atoms with E-state index in [9.17, 15) is 9.18 Å². The van der Waals surface area contributed by atoms with Crippen molar-refractivity contribution in [3.8, 4) is 0 Å². The van der Waals surface area contributed by atoms with E-state index < -0.39 is 11.8 Å². The summed E-state index contributed by atoms with van der Waals surface area (Å²) in [5.41, 5.74) is 0.656. The number of nitrogens with one attached hydrogen (secondary N) is 1. The molecule has 1 fully saturated rings. The molecule has 0 bridgehead atoms. The van der Waals surface area contributed by atoms with Gasteiger partial charge >= 0.3 is 5.97 Å². The van der Waals surface area contributed by atoms with Gasteiger partial charge in [0.15, 0.2) is 0 Å². The zero-order valence-corrected chi connectivity index (χ0v) is 11.1. The highest BCUT2D eigenvalue weighted by Gasteiger charge is 2.22. The summed E-state index contributed by atoms with van der Waals surface area (Å²) in [6.45, 7) is 3.58. The number of carbonyl (C=O) groups excluding carboxylic acids is 1. The summed E-state index contributed by atoms with van der Waals surface area (Å²) >= 11 is 0. The van der Waals surface area contributed by atoms with Crippen LogP contribution in [0.5, 0.6) is 0 Å². The van der Waals surface area contributed by atoms with Crippen LogP contribution < -0.4 is 5.32 Å². The van der Waals surface area contributed by atoms with Gasteiger partial charge in [-0.15, -0.1) is 0 Å². The van der Waals surface area contributed by atoms with Crippen molar-refractivity contribution in [3.63, 3.8) is 0 Å². The standard InChI is InChI=1S/C14H18FNO3/c1-9(10-5-6-19-8-10)16-11-3-4-13(15)12(7-11)14(17)18-2/h3-4,7,9-10,16H,5-6,8H2,1-2H3. The van der Waals surface area contributed by atoms with E-state index in [1.54, 1.807) is 6.07 Å². The number of hydrogen-bond donors (Lipinski definition) is 1.